The summed E-state index contributed by atoms with van der Waals surface area (Å²) in [5.41, 5.74) is 0.457. The lowest BCUT2D eigenvalue weighted by molar-refractivity contribution is -0.128. The van der Waals surface area contributed by atoms with Crippen molar-refractivity contribution in [1.82, 2.24) is 14.7 Å². The van der Waals surface area contributed by atoms with Crippen molar-refractivity contribution in [3.05, 3.63) is 48.3 Å². The van der Waals surface area contributed by atoms with Crippen LogP contribution in [-0.2, 0) is 20.8 Å². The lowest BCUT2D eigenvalue weighted by Gasteiger charge is -2.43. The molecular weight excluding hydrogens is 360 g/mol. The fraction of sp³-hybridized carbons (Fsp3) is 0.450. The second-order valence-electron chi connectivity index (χ2n) is 7.12. The van der Waals surface area contributed by atoms with Crippen LogP contribution in [0.2, 0.25) is 0 Å². The molecule has 0 radical (unpaired) electrons. The molecule has 1 unspecified atom stereocenters. The van der Waals surface area contributed by atoms with Crippen LogP contribution >= 0.6 is 0 Å². The first-order chi connectivity index (χ1) is 13.6. The number of aromatic nitrogens is 2. The van der Waals surface area contributed by atoms with Crippen LogP contribution < -0.4 is 4.90 Å². The van der Waals surface area contributed by atoms with Gasteiger partial charge in [0, 0.05) is 25.0 Å². The molecule has 2 amide bonds. The fourth-order valence-corrected chi connectivity index (χ4v) is 3.68. The Morgan fingerprint density at radius 2 is 2.04 bits per heavy atom. The van der Waals surface area contributed by atoms with E-state index in [2.05, 4.69) is 5.10 Å². The number of para-hydroxylation sites is 1. The predicted octanol–water partition coefficient (Wildman–Crippen LogP) is 1.18. The van der Waals surface area contributed by atoms with Crippen LogP contribution in [0, 0.1) is 0 Å². The van der Waals surface area contributed by atoms with Gasteiger partial charge in [-0.1, -0.05) is 18.2 Å². The molecule has 0 N–H and O–H groups in total. The molecule has 2 aromatic rings. The number of aryl methyl sites for hydroxylation is 1. The minimum Gasteiger partial charge on any atom is -0.368 e. The van der Waals surface area contributed by atoms with Gasteiger partial charge in [-0.05, 0) is 25.1 Å². The molecule has 148 valence electrons. The van der Waals surface area contributed by atoms with Gasteiger partial charge in [-0.2, -0.15) is 5.10 Å². The second-order valence-corrected chi connectivity index (χ2v) is 7.12. The van der Waals surface area contributed by atoms with Crippen molar-refractivity contribution in [3.8, 4) is 0 Å². The molecule has 1 aromatic carbocycles. The van der Waals surface area contributed by atoms with Crippen molar-refractivity contribution in [1.29, 1.82) is 0 Å². The highest BCUT2D eigenvalue weighted by Gasteiger charge is 2.44. The molecule has 0 saturated carbocycles. The summed E-state index contributed by atoms with van der Waals surface area (Å²) >= 11 is 0. The molecule has 2 saturated heterocycles. The van der Waals surface area contributed by atoms with Gasteiger partial charge in [0.25, 0.3) is 11.8 Å². The molecule has 1 atom stereocenters. The molecule has 8 heteroatoms. The Bertz CT molecular complexity index is 853. The zero-order valence-electron chi connectivity index (χ0n) is 15.9. The quantitative estimate of drug-likeness (QED) is 0.794. The second kappa shape index (κ2) is 7.73. The SMILES string of the molecule is CCn1ccc(C(=O)N2CCOC3(COCC(=O)N(c4ccccc4)C3)C2)n1. The number of ether oxygens (including phenoxy) is 2. The van der Waals surface area contributed by atoms with E-state index in [1.165, 1.54) is 0 Å². The van der Waals surface area contributed by atoms with Crippen LogP contribution in [0.3, 0.4) is 0 Å². The van der Waals surface area contributed by atoms with E-state index in [1.54, 1.807) is 26.7 Å². The molecule has 2 fully saturated rings. The Hall–Kier alpha value is -2.71. The van der Waals surface area contributed by atoms with Gasteiger partial charge in [-0.3, -0.25) is 14.3 Å². The average Bonchev–Trinajstić information content (AvgIpc) is 3.15. The van der Waals surface area contributed by atoms with Crippen molar-refractivity contribution in [3.63, 3.8) is 0 Å². The van der Waals surface area contributed by atoms with Gasteiger partial charge in [0.05, 0.1) is 26.3 Å². The molecule has 8 nitrogen and oxygen atoms in total. The predicted molar refractivity (Wildman–Crippen MR) is 102 cm³/mol. The molecule has 0 bridgehead atoms. The van der Waals surface area contributed by atoms with Crippen molar-refractivity contribution in [2.24, 2.45) is 0 Å². The number of hydrogen-bond acceptors (Lipinski definition) is 5. The minimum atomic E-state index is -0.761. The van der Waals surface area contributed by atoms with Crippen molar-refractivity contribution in [2.75, 3.05) is 44.4 Å². The molecule has 28 heavy (non-hydrogen) atoms. The minimum absolute atomic E-state index is 0.00510. The Balaban J connectivity index is 1.55. The third-order valence-electron chi connectivity index (χ3n) is 5.13. The maximum atomic E-state index is 12.9. The van der Waals surface area contributed by atoms with Crippen LogP contribution in [-0.4, -0.2) is 71.6 Å². The van der Waals surface area contributed by atoms with Crippen molar-refractivity contribution in [2.45, 2.75) is 19.1 Å². The van der Waals surface area contributed by atoms with E-state index in [-0.39, 0.29) is 25.0 Å². The highest BCUT2D eigenvalue weighted by Crippen LogP contribution is 2.27. The number of rotatable bonds is 3. The Kier molecular flexibility index (Phi) is 5.15. The monoisotopic (exact) mass is 384 g/mol. The number of hydrogen-bond donors (Lipinski definition) is 0. The first-order valence-electron chi connectivity index (χ1n) is 9.50. The zero-order valence-corrected chi connectivity index (χ0v) is 15.9. The third-order valence-corrected chi connectivity index (χ3v) is 5.13. The van der Waals surface area contributed by atoms with E-state index in [1.807, 2.05) is 37.3 Å². The van der Waals surface area contributed by atoms with E-state index in [0.717, 1.165) is 5.69 Å². The van der Waals surface area contributed by atoms with E-state index >= 15 is 0 Å². The number of anilines is 1. The molecule has 1 aromatic heterocycles. The highest BCUT2D eigenvalue weighted by molar-refractivity contribution is 5.95. The van der Waals surface area contributed by atoms with Gasteiger partial charge in [0.15, 0.2) is 0 Å². The number of carbonyl (C=O) groups excluding carboxylic acids is 2. The third kappa shape index (κ3) is 3.65. The van der Waals surface area contributed by atoms with Crippen LogP contribution in [0.5, 0.6) is 0 Å². The molecule has 2 aliphatic heterocycles. The van der Waals surface area contributed by atoms with Crippen LogP contribution in [0.4, 0.5) is 5.69 Å². The fourth-order valence-electron chi connectivity index (χ4n) is 3.68. The van der Waals surface area contributed by atoms with E-state index in [0.29, 0.717) is 38.5 Å². The standard InChI is InChI=1S/C20H24N4O4/c1-2-23-9-8-17(21-23)19(26)22-10-11-28-20(13-22)14-24(18(25)12-27-15-20)16-6-4-3-5-7-16/h3-9H,2,10-15H2,1H3. The number of morpholine rings is 1. The number of benzene rings is 1. The summed E-state index contributed by atoms with van der Waals surface area (Å²) in [4.78, 5) is 28.9. The van der Waals surface area contributed by atoms with Crippen LogP contribution in [0.25, 0.3) is 0 Å². The number of nitrogens with zero attached hydrogens (tertiary/aromatic N) is 4. The number of amides is 2. The molecule has 4 rings (SSSR count). The summed E-state index contributed by atoms with van der Waals surface area (Å²) in [5.74, 6) is -0.242. The van der Waals surface area contributed by atoms with E-state index in [9.17, 15) is 9.59 Å². The summed E-state index contributed by atoms with van der Waals surface area (Å²) in [6, 6.07) is 11.2. The van der Waals surface area contributed by atoms with Gasteiger partial charge in [0.1, 0.15) is 17.9 Å². The number of carbonyl (C=O) groups is 2. The maximum absolute atomic E-state index is 12.9. The first kappa shape index (κ1) is 18.6. The smallest absolute Gasteiger partial charge is 0.274 e. The molecular formula is C20H24N4O4. The Morgan fingerprint density at radius 1 is 1.21 bits per heavy atom. The Morgan fingerprint density at radius 3 is 2.79 bits per heavy atom. The molecule has 1 spiro atoms. The van der Waals surface area contributed by atoms with Crippen molar-refractivity contribution < 1.29 is 19.1 Å². The summed E-state index contributed by atoms with van der Waals surface area (Å²) in [7, 11) is 0. The van der Waals surface area contributed by atoms with E-state index in [4.69, 9.17) is 9.47 Å². The van der Waals surface area contributed by atoms with Crippen molar-refractivity contribution >= 4 is 17.5 Å². The van der Waals surface area contributed by atoms with Gasteiger partial charge in [-0.25, -0.2) is 0 Å². The maximum Gasteiger partial charge on any atom is 0.274 e. The van der Waals surface area contributed by atoms with Crippen LogP contribution in [0.15, 0.2) is 42.6 Å². The van der Waals surface area contributed by atoms with E-state index < -0.39 is 5.60 Å². The topological polar surface area (TPSA) is 76.9 Å². The lowest BCUT2D eigenvalue weighted by Crippen LogP contribution is -2.60. The summed E-state index contributed by atoms with van der Waals surface area (Å²) in [5, 5.41) is 4.32. The van der Waals surface area contributed by atoms with Gasteiger partial charge < -0.3 is 19.3 Å². The Labute approximate surface area is 163 Å². The first-order valence-corrected chi connectivity index (χ1v) is 9.50. The molecule has 3 heterocycles. The van der Waals surface area contributed by atoms with Gasteiger partial charge in [0.2, 0.25) is 0 Å². The molecule has 2 aliphatic rings. The van der Waals surface area contributed by atoms with Gasteiger partial charge in [-0.15, -0.1) is 0 Å². The highest BCUT2D eigenvalue weighted by atomic mass is 16.5. The molecule has 0 aliphatic carbocycles. The van der Waals surface area contributed by atoms with Crippen LogP contribution in [0.1, 0.15) is 17.4 Å². The lowest BCUT2D eigenvalue weighted by atomic mass is 10.0. The summed E-state index contributed by atoms with van der Waals surface area (Å²) < 4.78 is 13.5. The normalized spacial score (nSPS) is 23.1. The van der Waals surface area contributed by atoms with Gasteiger partial charge >= 0.3 is 0 Å². The average molecular weight is 384 g/mol. The zero-order chi connectivity index (χ0) is 19.6. The largest absolute Gasteiger partial charge is 0.368 e. The summed E-state index contributed by atoms with van der Waals surface area (Å²) in [6.45, 7) is 4.50. The summed E-state index contributed by atoms with van der Waals surface area (Å²) in [6.07, 6.45) is 1.80.